The van der Waals surface area contributed by atoms with E-state index in [1.54, 1.807) is 0 Å². The first-order chi connectivity index (χ1) is 26.9. The lowest BCUT2D eigenvalue weighted by Gasteiger charge is -2.27. The van der Waals surface area contributed by atoms with Gasteiger partial charge >= 0.3 is 0 Å². The van der Waals surface area contributed by atoms with E-state index in [2.05, 4.69) is 22.6 Å². The van der Waals surface area contributed by atoms with Crippen molar-refractivity contribution in [3.8, 4) is 0 Å². The largest absolute Gasteiger partial charge is 0.274 e. The lowest BCUT2D eigenvalue weighted by atomic mass is 9.90. The van der Waals surface area contributed by atoms with Crippen molar-refractivity contribution in [3.63, 3.8) is 0 Å². The fraction of sp³-hybridized carbons (Fsp3) is 0.261. The number of imide groups is 2. The number of fused-ring (bicyclic) bond motifs is 1. The topological polar surface area (TPSA) is 101 Å². The Morgan fingerprint density at radius 3 is 1.27 bits per heavy atom. The third kappa shape index (κ3) is 6.56. The Balaban J connectivity index is 1.06. The minimum absolute atomic E-state index is 0.228. The first-order valence-corrected chi connectivity index (χ1v) is 20.1. The molecule has 8 nitrogen and oxygen atoms in total. The number of hydrogen-bond donors (Lipinski definition) is 0. The van der Waals surface area contributed by atoms with Crippen molar-refractivity contribution in [1.82, 2.24) is 18.5 Å². The molecule has 2 aliphatic heterocycles. The van der Waals surface area contributed by atoms with Gasteiger partial charge in [0.05, 0.1) is 11.7 Å². The van der Waals surface area contributed by atoms with Gasteiger partial charge in [0, 0.05) is 57.2 Å². The predicted octanol–water partition coefficient (Wildman–Crippen LogP) is 10.7. The highest BCUT2D eigenvalue weighted by Gasteiger charge is 2.34. The molecule has 1 aromatic heterocycles. The number of hydrogen-bond acceptors (Lipinski definition) is 7. The fourth-order valence-electron chi connectivity index (χ4n) is 7.96. The van der Waals surface area contributed by atoms with Gasteiger partial charge in [-0.05, 0) is 59.0 Å². The minimum atomic E-state index is -0.228. The Bertz CT molecular complexity index is 2360. The molecule has 0 radical (unpaired) electrons. The van der Waals surface area contributed by atoms with Gasteiger partial charge in [0.1, 0.15) is 11.0 Å². The zero-order valence-corrected chi connectivity index (χ0v) is 32.0. The third-order valence-electron chi connectivity index (χ3n) is 10.9. The standard InChI is InChI=1S/C46H42N4O4S/c1-3-5-7-9-27-49-43(51)35-15-11-13-33-29(23-25-37(39(33)35)45(49)53)17-19-31-21-22-32(42-41(31)47-55-48-42)20-18-30-24-26-38-40-34(30)14-12-16-36(40)44(52)50(46(38)54)28-10-8-6-4-2/h11-26H,3-10,27-28H2,1-2H3/b19-17+,20-18+. The summed E-state index contributed by atoms with van der Waals surface area (Å²) in [5, 5.41) is 3.12. The zero-order chi connectivity index (χ0) is 38.1. The number of amides is 4. The zero-order valence-electron chi connectivity index (χ0n) is 31.1. The maximum Gasteiger partial charge on any atom is 0.261 e. The monoisotopic (exact) mass is 746 g/mol. The van der Waals surface area contributed by atoms with Gasteiger partial charge in [0.2, 0.25) is 0 Å². The summed E-state index contributed by atoms with van der Waals surface area (Å²) in [7, 11) is 0. The molecule has 0 fully saturated rings. The van der Waals surface area contributed by atoms with Gasteiger partial charge in [-0.25, -0.2) is 0 Å². The molecule has 0 bridgehead atoms. The van der Waals surface area contributed by atoms with Crippen molar-refractivity contribution >= 4 is 92.2 Å². The third-order valence-corrected chi connectivity index (χ3v) is 11.4. The lowest BCUT2D eigenvalue weighted by Crippen LogP contribution is -2.40. The van der Waals surface area contributed by atoms with Gasteiger partial charge in [-0.1, -0.05) is 125 Å². The molecule has 0 aliphatic carbocycles. The molecule has 3 heterocycles. The van der Waals surface area contributed by atoms with E-state index in [-0.39, 0.29) is 23.6 Å². The van der Waals surface area contributed by atoms with Gasteiger partial charge < -0.3 is 0 Å². The molecule has 0 N–H and O–H groups in total. The molecular weight excluding hydrogens is 705 g/mol. The summed E-state index contributed by atoms with van der Waals surface area (Å²) in [6, 6.07) is 22.9. The highest BCUT2D eigenvalue weighted by atomic mass is 32.1. The van der Waals surface area contributed by atoms with Crippen LogP contribution in [0.1, 0.15) is 129 Å². The lowest BCUT2D eigenvalue weighted by molar-refractivity contribution is 0.0592. The molecule has 0 unspecified atom stereocenters. The maximum atomic E-state index is 13.5. The van der Waals surface area contributed by atoms with Crippen molar-refractivity contribution in [3.05, 3.63) is 117 Å². The molecule has 0 saturated heterocycles. The van der Waals surface area contributed by atoms with Crippen LogP contribution in [0.25, 0.3) is 56.9 Å². The molecule has 0 spiro atoms. The molecule has 55 heavy (non-hydrogen) atoms. The molecule has 8 rings (SSSR count). The second kappa shape index (κ2) is 15.5. The SMILES string of the molecule is CCCCCCN1C(=O)c2cccc3c(/C=C/c4ccc(/C=C/c5ccc6c7c(cccc57)C(=O)N(CCCCCC)C6=O)c5nsnc45)ccc(c23)C1=O. The molecule has 276 valence electrons. The van der Waals surface area contributed by atoms with Crippen LogP contribution in [0.2, 0.25) is 0 Å². The summed E-state index contributed by atoms with van der Waals surface area (Å²) in [6.45, 7) is 5.15. The van der Waals surface area contributed by atoms with E-state index in [4.69, 9.17) is 0 Å². The van der Waals surface area contributed by atoms with E-state index in [0.717, 1.165) is 107 Å². The molecule has 9 heteroatoms. The van der Waals surface area contributed by atoms with Crippen LogP contribution in [-0.2, 0) is 0 Å². The van der Waals surface area contributed by atoms with Crippen molar-refractivity contribution < 1.29 is 19.2 Å². The van der Waals surface area contributed by atoms with Crippen LogP contribution in [0.5, 0.6) is 0 Å². The van der Waals surface area contributed by atoms with Crippen LogP contribution in [-0.4, -0.2) is 55.3 Å². The van der Waals surface area contributed by atoms with E-state index in [1.807, 2.05) is 97.1 Å². The summed E-state index contributed by atoms with van der Waals surface area (Å²) in [5.41, 5.74) is 7.37. The van der Waals surface area contributed by atoms with Crippen LogP contribution in [0.4, 0.5) is 0 Å². The van der Waals surface area contributed by atoms with Crippen LogP contribution in [0, 0.1) is 0 Å². The highest BCUT2D eigenvalue weighted by molar-refractivity contribution is 7.00. The number of unbranched alkanes of at least 4 members (excludes halogenated alkanes) is 6. The van der Waals surface area contributed by atoms with Crippen molar-refractivity contribution in [2.24, 2.45) is 0 Å². The summed E-state index contributed by atoms with van der Waals surface area (Å²) in [6.07, 6.45) is 15.9. The molecule has 0 saturated carbocycles. The molecule has 6 aromatic rings. The van der Waals surface area contributed by atoms with Gasteiger partial charge in [-0.2, -0.15) is 8.75 Å². The molecule has 2 aliphatic rings. The average Bonchev–Trinajstić information content (AvgIpc) is 3.71. The Kier molecular flexibility index (Phi) is 10.2. The summed E-state index contributed by atoms with van der Waals surface area (Å²) in [4.78, 5) is 56.8. The number of benzene rings is 5. The van der Waals surface area contributed by atoms with E-state index in [1.165, 1.54) is 9.80 Å². The predicted molar refractivity (Wildman–Crippen MR) is 222 cm³/mol. The Labute approximate surface area is 324 Å². The number of carbonyl (C=O) groups is 4. The van der Waals surface area contributed by atoms with Crippen LogP contribution >= 0.6 is 11.7 Å². The fourth-order valence-corrected chi connectivity index (χ4v) is 8.55. The van der Waals surface area contributed by atoms with E-state index >= 15 is 0 Å². The molecule has 5 aromatic carbocycles. The second-order valence-corrected chi connectivity index (χ2v) is 14.9. The number of nitrogens with zero attached hydrogens (tertiary/aromatic N) is 4. The summed E-state index contributed by atoms with van der Waals surface area (Å²) < 4.78 is 9.28. The second-order valence-electron chi connectivity index (χ2n) is 14.4. The summed E-state index contributed by atoms with van der Waals surface area (Å²) >= 11 is 1.15. The van der Waals surface area contributed by atoms with Crippen LogP contribution in [0.15, 0.2) is 72.8 Å². The van der Waals surface area contributed by atoms with Crippen LogP contribution < -0.4 is 0 Å². The van der Waals surface area contributed by atoms with Gasteiger partial charge in [-0.3, -0.25) is 29.0 Å². The van der Waals surface area contributed by atoms with Gasteiger partial charge in [-0.15, -0.1) is 0 Å². The van der Waals surface area contributed by atoms with E-state index < -0.39 is 0 Å². The van der Waals surface area contributed by atoms with E-state index in [9.17, 15) is 19.2 Å². The van der Waals surface area contributed by atoms with E-state index in [0.29, 0.717) is 46.1 Å². The number of carbonyl (C=O) groups excluding carboxylic acids is 4. The minimum Gasteiger partial charge on any atom is -0.274 e. The van der Waals surface area contributed by atoms with Crippen molar-refractivity contribution in [2.75, 3.05) is 13.1 Å². The highest BCUT2D eigenvalue weighted by Crippen LogP contribution is 2.36. The Morgan fingerprint density at radius 2 is 0.855 bits per heavy atom. The Hall–Kier alpha value is -5.80. The van der Waals surface area contributed by atoms with Crippen LogP contribution in [0.3, 0.4) is 0 Å². The quantitative estimate of drug-likeness (QED) is 0.0625. The van der Waals surface area contributed by atoms with Crippen molar-refractivity contribution in [2.45, 2.75) is 65.2 Å². The number of rotatable bonds is 14. The molecule has 0 atom stereocenters. The van der Waals surface area contributed by atoms with Gasteiger partial charge in [0.15, 0.2) is 0 Å². The van der Waals surface area contributed by atoms with Gasteiger partial charge in [0.25, 0.3) is 23.6 Å². The first kappa shape index (κ1) is 36.2. The first-order valence-electron chi connectivity index (χ1n) is 19.4. The average molecular weight is 747 g/mol. The molecule has 4 amide bonds. The smallest absolute Gasteiger partial charge is 0.261 e. The normalized spacial score (nSPS) is 14.3. The number of aromatic nitrogens is 2. The van der Waals surface area contributed by atoms with Crippen molar-refractivity contribution in [1.29, 1.82) is 0 Å². The Morgan fingerprint density at radius 1 is 0.473 bits per heavy atom. The summed E-state index contributed by atoms with van der Waals surface area (Å²) in [5.74, 6) is -0.911. The molecular formula is C46H42N4O4S. The maximum absolute atomic E-state index is 13.5.